The summed E-state index contributed by atoms with van der Waals surface area (Å²) < 4.78 is 2.16. The quantitative estimate of drug-likeness (QED) is 0.528. The van der Waals surface area contributed by atoms with Crippen LogP contribution in [-0.2, 0) is 0 Å². The lowest BCUT2D eigenvalue weighted by molar-refractivity contribution is 1.36. The molecule has 19 heavy (non-hydrogen) atoms. The lowest BCUT2D eigenvalue weighted by Crippen LogP contribution is -1.88. The molecule has 0 unspecified atom stereocenters. The van der Waals surface area contributed by atoms with E-state index in [9.17, 15) is 0 Å². The molecule has 94 valence electrons. The Bertz CT molecular complexity index is 752. The van der Waals surface area contributed by atoms with Gasteiger partial charge < -0.3 is 0 Å². The van der Waals surface area contributed by atoms with Crippen LogP contribution in [0.3, 0.4) is 0 Å². The molecule has 0 saturated heterocycles. The molecule has 0 radical (unpaired) electrons. The number of fused-ring (bicyclic) bond motifs is 1. The highest BCUT2D eigenvalue weighted by atomic mass is 79.9. The zero-order valence-electron chi connectivity index (χ0n) is 10.3. The number of nitrogens with zero attached hydrogens (tertiary/aromatic N) is 1. The maximum Gasteiger partial charge on any atom is 0.0732 e. The third kappa shape index (κ3) is 2.45. The summed E-state index contributed by atoms with van der Waals surface area (Å²) in [5, 5.41) is 1.14. The topological polar surface area (TPSA) is 12.9 Å². The van der Waals surface area contributed by atoms with E-state index in [1.54, 1.807) is 0 Å². The molecule has 0 atom stereocenters. The fourth-order valence-electron chi connectivity index (χ4n) is 2.07. The minimum atomic E-state index is 0.982. The molecule has 2 aromatic carbocycles. The molecule has 0 fully saturated rings. The number of halogens is 2. The summed E-state index contributed by atoms with van der Waals surface area (Å²) in [6.07, 6.45) is 0. The van der Waals surface area contributed by atoms with Gasteiger partial charge >= 0.3 is 0 Å². The molecule has 0 aliphatic heterocycles. The van der Waals surface area contributed by atoms with Crippen molar-refractivity contribution in [3.63, 3.8) is 0 Å². The lowest BCUT2D eigenvalue weighted by Gasteiger charge is -2.08. The summed E-state index contributed by atoms with van der Waals surface area (Å²) in [6.45, 7) is 2.08. The minimum absolute atomic E-state index is 0.982. The molecule has 0 bridgehead atoms. The van der Waals surface area contributed by atoms with Gasteiger partial charge in [0, 0.05) is 19.9 Å². The molecule has 0 saturated carbocycles. The van der Waals surface area contributed by atoms with Gasteiger partial charge in [-0.25, -0.2) is 4.98 Å². The fourth-order valence-corrected chi connectivity index (χ4v) is 2.94. The van der Waals surface area contributed by atoms with Crippen LogP contribution in [0.1, 0.15) is 5.56 Å². The molecule has 3 aromatic rings. The Labute approximate surface area is 128 Å². The highest BCUT2D eigenvalue weighted by Gasteiger charge is 2.07. The number of rotatable bonds is 1. The van der Waals surface area contributed by atoms with E-state index in [2.05, 4.69) is 69.1 Å². The highest BCUT2D eigenvalue weighted by Crippen LogP contribution is 2.31. The maximum absolute atomic E-state index is 4.75. The predicted octanol–water partition coefficient (Wildman–Crippen LogP) is 5.74. The Hall–Kier alpha value is -1.19. The van der Waals surface area contributed by atoms with E-state index in [-0.39, 0.29) is 0 Å². The standard InChI is InChI=1S/C16H11Br2N/c1-10-7-12-14(18)9-15(11-5-3-2-4-6-11)19-16(12)8-13(10)17/h2-9H,1H3. The number of aryl methyl sites for hydroxylation is 1. The number of aromatic nitrogens is 1. The lowest BCUT2D eigenvalue weighted by atomic mass is 10.1. The van der Waals surface area contributed by atoms with Gasteiger partial charge in [0.15, 0.2) is 0 Å². The number of hydrogen-bond acceptors (Lipinski definition) is 1. The van der Waals surface area contributed by atoms with E-state index in [1.165, 1.54) is 5.56 Å². The average molecular weight is 377 g/mol. The molecule has 0 N–H and O–H groups in total. The van der Waals surface area contributed by atoms with Crippen molar-refractivity contribution in [3.05, 3.63) is 63.0 Å². The van der Waals surface area contributed by atoms with Crippen molar-refractivity contribution in [1.29, 1.82) is 0 Å². The van der Waals surface area contributed by atoms with Crippen molar-refractivity contribution in [2.75, 3.05) is 0 Å². The first-order chi connectivity index (χ1) is 9.15. The fraction of sp³-hybridized carbons (Fsp3) is 0.0625. The van der Waals surface area contributed by atoms with Crippen molar-refractivity contribution >= 4 is 42.8 Å². The van der Waals surface area contributed by atoms with Crippen LogP contribution in [0.25, 0.3) is 22.2 Å². The number of benzene rings is 2. The summed E-state index contributed by atoms with van der Waals surface area (Å²) in [5.74, 6) is 0. The average Bonchev–Trinajstić information content (AvgIpc) is 2.42. The highest BCUT2D eigenvalue weighted by molar-refractivity contribution is 9.11. The Morgan fingerprint density at radius 1 is 0.895 bits per heavy atom. The van der Waals surface area contributed by atoms with Crippen molar-refractivity contribution in [3.8, 4) is 11.3 Å². The molecule has 3 rings (SSSR count). The molecule has 0 aliphatic carbocycles. The van der Waals surface area contributed by atoms with Crippen LogP contribution in [-0.4, -0.2) is 4.98 Å². The van der Waals surface area contributed by atoms with Gasteiger partial charge in [0.25, 0.3) is 0 Å². The summed E-state index contributed by atoms with van der Waals surface area (Å²) in [6, 6.07) is 16.5. The molecule has 1 aromatic heterocycles. The predicted molar refractivity (Wildman–Crippen MR) is 87.3 cm³/mol. The Morgan fingerprint density at radius 3 is 2.37 bits per heavy atom. The van der Waals surface area contributed by atoms with Gasteiger partial charge in [-0.1, -0.05) is 62.2 Å². The summed E-state index contributed by atoms with van der Waals surface area (Å²) in [7, 11) is 0. The van der Waals surface area contributed by atoms with Gasteiger partial charge in [-0.15, -0.1) is 0 Å². The third-order valence-corrected chi connectivity index (χ3v) is 4.62. The second-order valence-electron chi connectivity index (χ2n) is 4.47. The molecule has 0 aliphatic rings. The largest absolute Gasteiger partial charge is 0.248 e. The number of pyridine rings is 1. The first-order valence-corrected chi connectivity index (χ1v) is 7.55. The van der Waals surface area contributed by atoms with Crippen molar-refractivity contribution in [1.82, 2.24) is 4.98 Å². The molecule has 1 heterocycles. The zero-order chi connectivity index (χ0) is 13.4. The molecule has 3 heteroatoms. The van der Waals surface area contributed by atoms with Crippen molar-refractivity contribution in [2.24, 2.45) is 0 Å². The summed E-state index contributed by atoms with van der Waals surface area (Å²) >= 11 is 7.21. The molecule has 1 nitrogen and oxygen atoms in total. The minimum Gasteiger partial charge on any atom is -0.248 e. The Kier molecular flexibility index (Phi) is 3.42. The van der Waals surface area contributed by atoms with Crippen molar-refractivity contribution in [2.45, 2.75) is 6.92 Å². The second kappa shape index (κ2) is 5.06. The van der Waals surface area contributed by atoms with Gasteiger partial charge in [-0.05, 0) is 30.7 Å². The van der Waals surface area contributed by atoms with Gasteiger partial charge in [0.2, 0.25) is 0 Å². The first-order valence-electron chi connectivity index (χ1n) is 5.97. The van der Waals surface area contributed by atoms with Gasteiger partial charge in [0.1, 0.15) is 0 Å². The smallest absolute Gasteiger partial charge is 0.0732 e. The summed E-state index contributed by atoms with van der Waals surface area (Å²) in [4.78, 5) is 4.75. The van der Waals surface area contributed by atoms with E-state index < -0.39 is 0 Å². The van der Waals surface area contributed by atoms with Crippen LogP contribution in [0, 0.1) is 6.92 Å². The summed E-state index contributed by atoms with van der Waals surface area (Å²) in [5.41, 5.74) is 4.31. The molecular formula is C16H11Br2N. The SMILES string of the molecule is Cc1cc2c(Br)cc(-c3ccccc3)nc2cc1Br. The second-order valence-corrected chi connectivity index (χ2v) is 6.18. The van der Waals surface area contributed by atoms with Crippen LogP contribution >= 0.6 is 31.9 Å². The maximum atomic E-state index is 4.75. The Balaban J connectivity index is 2.28. The van der Waals surface area contributed by atoms with Crippen LogP contribution < -0.4 is 0 Å². The van der Waals surface area contributed by atoms with Crippen molar-refractivity contribution < 1.29 is 0 Å². The van der Waals surface area contributed by atoms with Gasteiger partial charge in [-0.3, -0.25) is 0 Å². The third-order valence-electron chi connectivity index (χ3n) is 3.11. The van der Waals surface area contributed by atoms with Crippen LogP contribution in [0.5, 0.6) is 0 Å². The van der Waals surface area contributed by atoms with E-state index in [4.69, 9.17) is 4.98 Å². The molecule has 0 spiro atoms. The normalized spacial score (nSPS) is 10.9. The molecular weight excluding hydrogens is 366 g/mol. The van der Waals surface area contributed by atoms with Crippen LogP contribution in [0.2, 0.25) is 0 Å². The number of hydrogen-bond donors (Lipinski definition) is 0. The monoisotopic (exact) mass is 375 g/mol. The first kappa shape index (κ1) is 12.8. The van der Waals surface area contributed by atoms with E-state index >= 15 is 0 Å². The van der Waals surface area contributed by atoms with Crippen LogP contribution in [0.15, 0.2) is 57.5 Å². The van der Waals surface area contributed by atoms with E-state index in [1.807, 2.05) is 18.2 Å². The van der Waals surface area contributed by atoms with E-state index in [0.717, 1.165) is 31.1 Å². The molecule has 0 amide bonds. The van der Waals surface area contributed by atoms with Gasteiger partial charge in [0.05, 0.1) is 11.2 Å². The van der Waals surface area contributed by atoms with Crippen LogP contribution in [0.4, 0.5) is 0 Å². The van der Waals surface area contributed by atoms with E-state index in [0.29, 0.717) is 0 Å². The zero-order valence-corrected chi connectivity index (χ0v) is 13.5. The Morgan fingerprint density at radius 2 is 1.63 bits per heavy atom. The van der Waals surface area contributed by atoms with Gasteiger partial charge in [-0.2, -0.15) is 0 Å².